The van der Waals surface area contributed by atoms with E-state index in [1.165, 1.54) is 0 Å². The Labute approximate surface area is 121 Å². The van der Waals surface area contributed by atoms with Gasteiger partial charge in [0.25, 0.3) is 0 Å². The van der Waals surface area contributed by atoms with E-state index in [-0.39, 0.29) is 12.5 Å². The molecule has 0 saturated heterocycles. The van der Waals surface area contributed by atoms with Crippen LogP contribution in [0.5, 0.6) is 0 Å². The van der Waals surface area contributed by atoms with Gasteiger partial charge < -0.3 is 16.4 Å². The van der Waals surface area contributed by atoms with E-state index in [1.54, 1.807) is 19.9 Å². The molecule has 1 aromatic rings. The van der Waals surface area contributed by atoms with Gasteiger partial charge in [0.15, 0.2) is 0 Å². The quantitative estimate of drug-likeness (QED) is 0.740. The summed E-state index contributed by atoms with van der Waals surface area (Å²) in [6.07, 6.45) is 0. The molecular weight excluding hydrogens is 310 g/mol. The minimum absolute atomic E-state index is 0.128. The molecule has 0 fully saturated rings. The lowest BCUT2D eigenvalue weighted by molar-refractivity contribution is -0.126. The van der Waals surface area contributed by atoms with Crippen molar-refractivity contribution in [1.82, 2.24) is 5.32 Å². The number of nitrogens with one attached hydrogen (secondary N) is 2. The monoisotopic (exact) mass is 327 g/mol. The number of benzene rings is 1. The summed E-state index contributed by atoms with van der Waals surface area (Å²) in [5.74, 6) is -0.564. The molecule has 0 aliphatic rings. The normalized spacial score (nSPS) is 11.1. The molecular formula is C13H18BrN3O2. The third-order valence-electron chi connectivity index (χ3n) is 2.63. The van der Waals surface area contributed by atoms with Crippen molar-refractivity contribution in [3.8, 4) is 0 Å². The molecule has 0 aromatic heterocycles. The van der Waals surface area contributed by atoms with Gasteiger partial charge in [-0.3, -0.25) is 9.59 Å². The molecule has 0 saturated carbocycles. The maximum atomic E-state index is 11.7. The van der Waals surface area contributed by atoms with E-state index in [0.717, 1.165) is 10.2 Å². The van der Waals surface area contributed by atoms with E-state index in [1.807, 2.05) is 18.2 Å². The molecule has 19 heavy (non-hydrogen) atoms. The van der Waals surface area contributed by atoms with Crippen molar-refractivity contribution >= 4 is 33.4 Å². The van der Waals surface area contributed by atoms with Crippen LogP contribution in [0, 0.1) is 5.41 Å². The summed E-state index contributed by atoms with van der Waals surface area (Å²) in [6.45, 7) is 3.94. The molecule has 6 heteroatoms. The van der Waals surface area contributed by atoms with Crippen LogP contribution in [0.25, 0.3) is 0 Å². The third kappa shape index (κ3) is 5.40. The van der Waals surface area contributed by atoms with Gasteiger partial charge >= 0.3 is 0 Å². The minimum atomic E-state index is -0.671. The number of anilines is 1. The molecule has 0 aliphatic heterocycles. The van der Waals surface area contributed by atoms with Crippen LogP contribution in [-0.2, 0) is 9.59 Å². The van der Waals surface area contributed by atoms with Crippen LogP contribution in [0.15, 0.2) is 28.7 Å². The molecule has 104 valence electrons. The zero-order valence-corrected chi connectivity index (χ0v) is 12.6. The minimum Gasteiger partial charge on any atom is -0.369 e. The predicted molar refractivity (Wildman–Crippen MR) is 78.6 cm³/mol. The molecule has 5 nitrogen and oxygen atoms in total. The molecule has 4 N–H and O–H groups in total. The SMILES string of the molecule is CC(C)(CNCC(=O)Nc1cccc(Br)c1)C(N)=O. The number of halogens is 1. The van der Waals surface area contributed by atoms with E-state index in [9.17, 15) is 9.59 Å². The van der Waals surface area contributed by atoms with E-state index in [0.29, 0.717) is 6.54 Å². The van der Waals surface area contributed by atoms with E-state index in [2.05, 4.69) is 26.6 Å². The highest BCUT2D eigenvalue weighted by molar-refractivity contribution is 9.10. The second-order valence-electron chi connectivity index (χ2n) is 4.91. The van der Waals surface area contributed by atoms with Gasteiger partial charge in [-0.1, -0.05) is 22.0 Å². The molecule has 0 heterocycles. The molecule has 0 bridgehead atoms. The van der Waals surface area contributed by atoms with Crippen molar-refractivity contribution in [3.05, 3.63) is 28.7 Å². The number of hydrogen-bond acceptors (Lipinski definition) is 3. The topological polar surface area (TPSA) is 84.2 Å². The van der Waals surface area contributed by atoms with Gasteiger partial charge in [-0.05, 0) is 32.0 Å². The standard InChI is InChI=1S/C13H18BrN3O2/c1-13(2,12(15)19)8-16-7-11(18)17-10-5-3-4-9(14)6-10/h3-6,16H,7-8H2,1-2H3,(H2,15,19)(H,17,18). The molecule has 1 rings (SSSR count). The first-order valence-corrected chi connectivity index (χ1v) is 6.66. The molecule has 0 radical (unpaired) electrons. The first-order chi connectivity index (χ1) is 8.81. The number of rotatable bonds is 6. The second kappa shape index (κ2) is 6.68. The van der Waals surface area contributed by atoms with Crippen molar-refractivity contribution in [3.63, 3.8) is 0 Å². The van der Waals surface area contributed by atoms with Gasteiger partial charge in [0.1, 0.15) is 0 Å². The average molecular weight is 328 g/mol. The number of nitrogens with two attached hydrogens (primary N) is 1. The third-order valence-corrected chi connectivity index (χ3v) is 3.12. The van der Waals surface area contributed by atoms with Crippen LogP contribution >= 0.6 is 15.9 Å². The lowest BCUT2D eigenvalue weighted by Crippen LogP contribution is -2.42. The molecule has 0 aliphatic carbocycles. The number of primary amides is 1. The van der Waals surface area contributed by atoms with Crippen LogP contribution in [0.1, 0.15) is 13.8 Å². The van der Waals surface area contributed by atoms with E-state index >= 15 is 0 Å². The van der Waals surface area contributed by atoms with Gasteiger partial charge in [0, 0.05) is 16.7 Å². The van der Waals surface area contributed by atoms with Gasteiger partial charge in [0.2, 0.25) is 11.8 Å². The van der Waals surface area contributed by atoms with E-state index < -0.39 is 11.3 Å². The Morgan fingerprint density at radius 2 is 2.05 bits per heavy atom. The summed E-state index contributed by atoms with van der Waals surface area (Å²) in [5.41, 5.74) is 5.29. The number of amides is 2. The fourth-order valence-electron chi connectivity index (χ4n) is 1.35. The Bertz CT molecular complexity index is 475. The van der Waals surface area contributed by atoms with Gasteiger partial charge in [-0.25, -0.2) is 0 Å². The summed E-state index contributed by atoms with van der Waals surface area (Å²) in [7, 11) is 0. The number of hydrogen-bond donors (Lipinski definition) is 3. The first-order valence-electron chi connectivity index (χ1n) is 5.87. The highest BCUT2D eigenvalue weighted by Gasteiger charge is 2.24. The smallest absolute Gasteiger partial charge is 0.238 e. The largest absolute Gasteiger partial charge is 0.369 e. The molecule has 0 atom stereocenters. The summed E-state index contributed by atoms with van der Waals surface area (Å²) in [5, 5.41) is 5.67. The fraction of sp³-hybridized carbons (Fsp3) is 0.385. The van der Waals surface area contributed by atoms with Crippen molar-refractivity contribution in [2.75, 3.05) is 18.4 Å². The molecule has 2 amide bonds. The molecule has 0 spiro atoms. The zero-order chi connectivity index (χ0) is 14.5. The number of carbonyl (C=O) groups is 2. The van der Waals surface area contributed by atoms with Crippen LogP contribution in [0.3, 0.4) is 0 Å². The summed E-state index contributed by atoms with van der Waals surface area (Å²) < 4.78 is 0.896. The molecule has 0 unspecified atom stereocenters. The van der Waals surface area contributed by atoms with Crippen molar-refractivity contribution < 1.29 is 9.59 Å². The summed E-state index contributed by atoms with van der Waals surface area (Å²) in [6, 6.07) is 7.33. The second-order valence-corrected chi connectivity index (χ2v) is 5.83. The van der Waals surface area contributed by atoms with Gasteiger partial charge in [-0.15, -0.1) is 0 Å². The van der Waals surface area contributed by atoms with Crippen LogP contribution in [0.2, 0.25) is 0 Å². The van der Waals surface area contributed by atoms with Crippen molar-refractivity contribution in [2.45, 2.75) is 13.8 Å². The van der Waals surface area contributed by atoms with Crippen molar-refractivity contribution in [1.29, 1.82) is 0 Å². The summed E-state index contributed by atoms with van der Waals surface area (Å²) in [4.78, 5) is 22.8. The van der Waals surface area contributed by atoms with E-state index in [4.69, 9.17) is 5.73 Å². The first kappa shape index (κ1) is 15.7. The Hall–Kier alpha value is -1.40. The number of carbonyl (C=O) groups excluding carboxylic acids is 2. The molecule has 1 aromatic carbocycles. The fourth-order valence-corrected chi connectivity index (χ4v) is 1.75. The Kier molecular flexibility index (Phi) is 5.50. The van der Waals surface area contributed by atoms with Gasteiger partial charge in [-0.2, -0.15) is 0 Å². The van der Waals surface area contributed by atoms with Crippen LogP contribution < -0.4 is 16.4 Å². The maximum Gasteiger partial charge on any atom is 0.238 e. The highest BCUT2D eigenvalue weighted by atomic mass is 79.9. The van der Waals surface area contributed by atoms with Crippen LogP contribution in [0.4, 0.5) is 5.69 Å². The average Bonchev–Trinajstić information content (AvgIpc) is 2.28. The zero-order valence-electron chi connectivity index (χ0n) is 11.0. The lowest BCUT2D eigenvalue weighted by atomic mass is 9.93. The van der Waals surface area contributed by atoms with Crippen molar-refractivity contribution in [2.24, 2.45) is 11.1 Å². The Morgan fingerprint density at radius 1 is 1.37 bits per heavy atom. The highest BCUT2D eigenvalue weighted by Crippen LogP contribution is 2.15. The van der Waals surface area contributed by atoms with Crippen LogP contribution in [-0.4, -0.2) is 24.9 Å². The summed E-state index contributed by atoms with van der Waals surface area (Å²) >= 11 is 3.33. The van der Waals surface area contributed by atoms with Gasteiger partial charge in [0.05, 0.1) is 12.0 Å². The maximum absolute atomic E-state index is 11.7. The lowest BCUT2D eigenvalue weighted by Gasteiger charge is -2.20. The Morgan fingerprint density at radius 3 is 2.63 bits per heavy atom. The predicted octanol–water partition coefficient (Wildman–Crippen LogP) is 1.49. The Balaban J connectivity index is 2.39.